The van der Waals surface area contributed by atoms with E-state index in [0.29, 0.717) is 5.04 Å². The van der Waals surface area contributed by atoms with E-state index in [1.165, 1.54) is 4.47 Å². The van der Waals surface area contributed by atoms with Crippen molar-refractivity contribution < 1.29 is 0 Å². The van der Waals surface area contributed by atoms with Crippen molar-refractivity contribution in [1.82, 2.24) is 4.23 Å². The maximum atomic E-state index is 3.59. The smallest absolute Gasteiger partial charge is 0.171 e. The van der Waals surface area contributed by atoms with Gasteiger partial charge < -0.3 is 4.23 Å². The second-order valence-corrected chi connectivity index (χ2v) is 13.5. The summed E-state index contributed by atoms with van der Waals surface area (Å²) in [6.45, 7) is 16.8. The largest absolute Gasteiger partial charge is 0.378 e. The first kappa shape index (κ1) is 15.0. The minimum absolute atomic E-state index is 0.355. The van der Waals surface area contributed by atoms with Gasteiger partial charge in [-0.1, -0.05) is 48.5 Å². The summed E-state index contributed by atoms with van der Waals surface area (Å²) in [5, 5.41) is 0.355. The molecule has 0 fully saturated rings. The first-order chi connectivity index (χ1) is 7.64. The Morgan fingerprint density at radius 3 is 1.82 bits per heavy atom. The number of hydrogen-bond donors (Lipinski definition) is 0. The molecule has 0 N–H and O–H groups in total. The Balaban J connectivity index is 3.46. The Morgan fingerprint density at radius 1 is 1.12 bits per heavy atom. The summed E-state index contributed by atoms with van der Waals surface area (Å²) in [7, 11) is -1.62. The highest BCUT2D eigenvalue weighted by atomic mass is 79.9. The molecule has 98 valence electrons. The molecule has 3 heteroatoms. The second kappa shape index (κ2) is 4.92. The molecule has 0 spiro atoms. The number of aromatic nitrogens is 1. The van der Waals surface area contributed by atoms with Gasteiger partial charge in [-0.05, 0) is 44.3 Å². The summed E-state index contributed by atoms with van der Waals surface area (Å²) in [5.41, 5.74) is 1.45. The van der Waals surface area contributed by atoms with Crippen molar-refractivity contribution in [2.24, 2.45) is 0 Å². The number of hydrogen-bond acceptors (Lipinski definition) is 0. The highest BCUT2D eigenvalue weighted by molar-refractivity contribution is 9.10. The van der Waals surface area contributed by atoms with E-state index in [9.17, 15) is 0 Å². The fourth-order valence-corrected chi connectivity index (χ4v) is 11.9. The van der Waals surface area contributed by atoms with Crippen LogP contribution in [0.5, 0.6) is 0 Å². The zero-order valence-corrected chi connectivity index (χ0v) is 14.8. The molecule has 1 aromatic heterocycles. The van der Waals surface area contributed by atoms with Gasteiger partial charge in [0, 0.05) is 10.7 Å². The van der Waals surface area contributed by atoms with Crippen LogP contribution in [-0.2, 0) is 0 Å². The van der Waals surface area contributed by atoms with Gasteiger partial charge in [-0.3, -0.25) is 0 Å². The van der Waals surface area contributed by atoms with E-state index in [1.807, 2.05) is 0 Å². The fraction of sp³-hybridized carbons (Fsp3) is 0.714. The van der Waals surface area contributed by atoms with Gasteiger partial charge >= 0.3 is 0 Å². The van der Waals surface area contributed by atoms with Crippen LogP contribution in [0, 0.1) is 0 Å². The van der Waals surface area contributed by atoms with Crippen molar-refractivity contribution in [1.29, 1.82) is 0 Å². The van der Waals surface area contributed by atoms with Gasteiger partial charge in [0.1, 0.15) is 0 Å². The summed E-state index contributed by atoms with van der Waals surface area (Å²) in [4.78, 5) is 0. The van der Waals surface area contributed by atoms with E-state index in [0.717, 1.165) is 11.1 Å². The van der Waals surface area contributed by atoms with Crippen LogP contribution in [0.2, 0.25) is 16.1 Å². The Labute approximate surface area is 116 Å². The average Bonchev–Trinajstić information content (AvgIpc) is 2.48. The summed E-state index contributed by atoms with van der Waals surface area (Å²) in [6.07, 6.45) is 4.54. The van der Waals surface area contributed by atoms with Gasteiger partial charge in [0.2, 0.25) is 0 Å². The zero-order valence-electron chi connectivity index (χ0n) is 12.2. The highest BCUT2D eigenvalue weighted by Crippen LogP contribution is 2.50. The molecule has 17 heavy (non-hydrogen) atoms. The van der Waals surface area contributed by atoms with Gasteiger partial charge in [0.05, 0.1) is 0 Å². The SMILES string of the molecule is CC(C)[Si](C(C)C)(n1ccc(Br)c1)C(C)(C)C. The van der Waals surface area contributed by atoms with E-state index in [2.05, 4.69) is 87.1 Å². The van der Waals surface area contributed by atoms with Gasteiger partial charge in [-0.15, -0.1) is 0 Å². The quantitative estimate of drug-likeness (QED) is 0.634. The van der Waals surface area contributed by atoms with Gasteiger partial charge in [0.25, 0.3) is 0 Å². The normalized spacial score (nSPS) is 13.8. The molecule has 0 aliphatic heterocycles. The molecule has 1 rings (SSSR count). The third-order valence-electron chi connectivity index (χ3n) is 4.05. The summed E-state index contributed by atoms with van der Waals surface area (Å²) in [5.74, 6) is 0. The molecule has 0 aliphatic carbocycles. The molecular formula is C14H26BrNSi. The predicted octanol–water partition coefficient (Wildman–Crippen LogP) is 5.66. The zero-order chi connectivity index (χ0) is 13.4. The van der Waals surface area contributed by atoms with Gasteiger partial charge in [0.15, 0.2) is 8.24 Å². The Hall–Kier alpha value is -0.0231. The van der Waals surface area contributed by atoms with Crippen molar-refractivity contribution in [3.63, 3.8) is 0 Å². The maximum absolute atomic E-state index is 3.59. The van der Waals surface area contributed by atoms with E-state index in [1.54, 1.807) is 0 Å². The van der Waals surface area contributed by atoms with Crippen molar-refractivity contribution >= 4 is 24.2 Å². The molecule has 0 amide bonds. The van der Waals surface area contributed by atoms with E-state index >= 15 is 0 Å². The van der Waals surface area contributed by atoms with Crippen LogP contribution in [0.3, 0.4) is 0 Å². The van der Waals surface area contributed by atoms with E-state index in [-0.39, 0.29) is 0 Å². The van der Waals surface area contributed by atoms with Crippen LogP contribution < -0.4 is 0 Å². The lowest BCUT2D eigenvalue weighted by Crippen LogP contribution is -2.55. The van der Waals surface area contributed by atoms with Crippen LogP contribution in [0.25, 0.3) is 0 Å². The standard InChI is InChI=1S/C14H26BrNSi/c1-11(2)17(12(3)4,14(5,6)7)16-9-8-13(15)10-16/h8-12H,1-7H3. The second-order valence-electron chi connectivity index (χ2n) is 6.62. The lowest BCUT2D eigenvalue weighted by atomic mass is 10.2. The van der Waals surface area contributed by atoms with Crippen molar-refractivity contribution in [3.05, 3.63) is 22.9 Å². The van der Waals surface area contributed by atoms with Crippen molar-refractivity contribution in [2.75, 3.05) is 0 Å². The third-order valence-corrected chi connectivity index (χ3v) is 11.6. The lowest BCUT2D eigenvalue weighted by molar-refractivity contribution is 0.631. The van der Waals surface area contributed by atoms with Gasteiger partial charge in [-0.25, -0.2) is 0 Å². The molecule has 0 radical (unpaired) electrons. The molecule has 0 aromatic carbocycles. The predicted molar refractivity (Wildman–Crippen MR) is 83.2 cm³/mol. The van der Waals surface area contributed by atoms with Crippen LogP contribution in [-0.4, -0.2) is 12.5 Å². The molecule has 1 nitrogen and oxygen atoms in total. The minimum atomic E-state index is -1.62. The molecule has 0 aliphatic rings. The monoisotopic (exact) mass is 315 g/mol. The molecule has 0 atom stereocenters. The number of nitrogens with zero attached hydrogens (tertiary/aromatic N) is 1. The minimum Gasteiger partial charge on any atom is -0.378 e. The Morgan fingerprint density at radius 2 is 1.59 bits per heavy atom. The molecule has 1 aromatic rings. The van der Waals surface area contributed by atoms with Crippen LogP contribution in [0.4, 0.5) is 0 Å². The van der Waals surface area contributed by atoms with E-state index < -0.39 is 8.24 Å². The lowest BCUT2D eigenvalue weighted by Gasteiger charge is -2.50. The number of halogens is 1. The van der Waals surface area contributed by atoms with Crippen molar-refractivity contribution in [2.45, 2.75) is 64.6 Å². The van der Waals surface area contributed by atoms with Crippen LogP contribution in [0.15, 0.2) is 22.9 Å². The van der Waals surface area contributed by atoms with Crippen LogP contribution >= 0.6 is 15.9 Å². The fourth-order valence-electron chi connectivity index (χ4n) is 3.98. The van der Waals surface area contributed by atoms with Crippen molar-refractivity contribution in [3.8, 4) is 0 Å². The average molecular weight is 316 g/mol. The maximum Gasteiger partial charge on any atom is 0.171 e. The molecule has 0 saturated heterocycles. The number of rotatable bonds is 3. The highest BCUT2D eigenvalue weighted by Gasteiger charge is 2.51. The summed E-state index contributed by atoms with van der Waals surface area (Å²) in [6, 6.07) is 2.16. The topological polar surface area (TPSA) is 4.93 Å². The van der Waals surface area contributed by atoms with Crippen LogP contribution in [0.1, 0.15) is 48.5 Å². The molecule has 1 heterocycles. The molecular weight excluding hydrogens is 290 g/mol. The molecule has 0 saturated carbocycles. The van der Waals surface area contributed by atoms with E-state index in [4.69, 9.17) is 0 Å². The first-order valence-corrected chi connectivity index (χ1v) is 9.37. The molecule has 0 bridgehead atoms. The molecule has 0 unspecified atom stereocenters. The summed E-state index contributed by atoms with van der Waals surface area (Å²) >= 11 is 3.59. The Bertz CT molecular complexity index is 366. The van der Waals surface area contributed by atoms with Gasteiger partial charge in [-0.2, -0.15) is 0 Å². The summed E-state index contributed by atoms with van der Waals surface area (Å²) < 4.78 is 3.74. The first-order valence-electron chi connectivity index (χ1n) is 6.48. The third kappa shape index (κ3) is 2.41. The Kier molecular flexibility index (Phi) is 4.36.